The molecule has 0 aromatic heterocycles. The van der Waals surface area contributed by atoms with E-state index in [4.69, 9.17) is 19.3 Å². The fourth-order valence-corrected chi connectivity index (χ4v) is 8.83. The number of hydrogen-bond donors (Lipinski definition) is 0. The van der Waals surface area contributed by atoms with E-state index in [2.05, 4.69) is 78.4 Å². The van der Waals surface area contributed by atoms with Crippen molar-refractivity contribution in [3.63, 3.8) is 0 Å². The van der Waals surface area contributed by atoms with Crippen LogP contribution in [-0.2, 0) is 0 Å². The molecule has 4 rings (SSSR count). The summed E-state index contributed by atoms with van der Waals surface area (Å²) in [5, 5.41) is 5.03. The summed E-state index contributed by atoms with van der Waals surface area (Å²) in [6, 6.07) is 35.8. The van der Waals surface area contributed by atoms with Crippen molar-refractivity contribution in [3.05, 3.63) is 120 Å². The minimum Gasteiger partial charge on any atom is -0.115 e. The van der Waals surface area contributed by atoms with Crippen molar-refractivity contribution in [2.24, 2.45) is 0 Å². The molecule has 0 bridgehead atoms. The first kappa shape index (κ1) is 20.1. The SMILES string of the molecule is C#Cc1ccc([Si](c2ccccc2)(c2ccc(C#C)cc2)c2ccc(C#C)cc2)cc1. The van der Waals surface area contributed by atoms with E-state index in [1.54, 1.807) is 0 Å². The zero-order valence-corrected chi connectivity index (χ0v) is 18.0. The van der Waals surface area contributed by atoms with Crippen molar-refractivity contribution in [3.8, 4) is 37.0 Å². The molecule has 0 aliphatic carbocycles. The maximum absolute atomic E-state index is 5.63. The molecular weight excluding hydrogens is 388 g/mol. The van der Waals surface area contributed by atoms with Gasteiger partial charge in [-0.2, -0.15) is 0 Å². The maximum Gasteiger partial charge on any atom is 0.179 e. The molecule has 0 unspecified atom stereocenters. The van der Waals surface area contributed by atoms with Crippen molar-refractivity contribution in [1.29, 1.82) is 0 Å². The predicted molar refractivity (Wildman–Crippen MR) is 134 cm³/mol. The molecule has 0 amide bonds. The number of rotatable bonds is 4. The van der Waals surface area contributed by atoms with Crippen LogP contribution in [0.2, 0.25) is 0 Å². The summed E-state index contributed by atoms with van der Waals surface area (Å²) in [5.74, 6) is 8.18. The van der Waals surface area contributed by atoms with Crippen LogP contribution in [0.4, 0.5) is 0 Å². The van der Waals surface area contributed by atoms with Gasteiger partial charge in [-0.3, -0.25) is 0 Å². The summed E-state index contributed by atoms with van der Waals surface area (Å²) in [6.07, 6.45) is 16.9. The zero-order valence-electron chi connectivity index (χ0n) is 17.0. The molecule has 0 saturated carbocycles. The highest BCUT2D eigenvalue weighted by atomic mass is 28.3. The number of terminal acetylenes is 3. The Kier molecular flexibility index (Phi) is 5.60. The van der Waals surface area contributed by atoms with Crippen LogP contribution in [0.25, 0.3) is 0 Å². The highest BCUT2D eigenvalue weighted by molar-refractivity contribution is 7.19. The molecular formula is C30H20Si. The van der Waals surface area contributed by atoms with E-state index in [1.807, 2.05) is 42.5 Å². The van der Waals surface area contributed by atoms with Gasteiger partial charge in [-0.1, -0.05) is 84.5 Å². The van der Waals surface area contributed by atoms with Crippen LogP contribution in [0.3, 0.4) is 0 Å². The minimum atomic E-state index is -2.61. The Bertz CT molecular complexity index is 1170. The van der Waals surface area contributed by atoms with Gasteiger partial charge in [-0.05, 0) is 57.1 Å². The van der Waals surface area contributed by atoms with Gasteiger partial charge in [0.25, 0.3) is 0 Å². The lowest BCUT2D eigenvalue weighted by atomic mass is 10.2. The van der Waals surface area contributed by atoms with Gasteiger partial charge in [0.15, 0.2) is 8.07 Å². The highest BCUT2D eigenvalue weighted by Crippen LogP contribution is 2.11. The van der Waals surface area contributed by atoms with E-state index in [0.29, 0.717) is 0 Å². The molecule has 1 heteroatoms. The Balaban J connectivity index is 2.10. The molecule has 31 heavy (non-hydrogen) atoms. The van der Waals surface area contributed by atoms with Crippen LogP contribution >= 0.6 is 0 Å². The van der Waals surface area contributed by atoms with Gasteiger partial charge in [0, 0.05) is 16.7 Å². The first-order valence-corrected chi connectivity index (χ1v) is 12.0. The Hall–Kier alpha value is -4.22. The normalized spacial score (nSPS) is 10.5. The predicted octanol–water partition coefficient (Wildman–Crippen LogP) is 3.01. The second kappa shape index (κ2) is 8.65. The Labute approximate surface area is 185 Å². The van der Waals surface area contributed by atoms with Crippen molar-refractivity contribution in [1.82, 2.24) is 0 Å². The second-order valence-corrected chi connectivity index (χ2v) is 11.1. The number of benzene rings is 4. The smallest absolute Gasteiger partial charge is 0.115 e. The minimum absolute atomic E-state index is 0.866. The molecule has 144 valence electrons. The maximum atomic E-state index is 5.63. The van der Waals surface area contributed by atoms with Gasteiger partial charge in [0.1, 0.15) is 0 Å². The van der Waals surface area contributed by atoms with Crippen LogP contribution < -0.4 is 20.7 Å². The standard InChI is InChI=1S/C30H20Si/c1-4-24-12-18-28(19-13-24)31(27-10-8-7-9-11-27,29-20-14-25(5-2)15-21-29)30-22-16-26(6-3)17-23-30/h1-3,7-23H. The molecule has 0 nitrogen and oxygen atoms in total. The lowest BCUT2D eigenvalue weighted by Crippen LogP contribution is -2.74. The van der Waals surface area contributed by atoms with Crippen molar-refractivity contribution in [2.45, 2.75) is 0 Å². The molecule has 0 aliphatic rings. The topological polar surface area (TPSA) is 0 Å². The van der Waals surface area contributed by atoms with Gasteiger partial charge in [-0.25, -0.2) is 0 Å². The highest BCUT2D eigenvalue weighted by Gasteiger charge is 2.41. The lowest BCUT2D eigenvalue weighted by Gasteiger charge is -2.34. The van der Waals surface area contributed by atoms with E-state index in [1.165, 1.54) is 20.7 Å². The van der Waals surface area contributed by atoms with E-state index in [9.17, 15) is 0 Å². The first-order valence-electron chi connectivity index (χ1n) is 9.99. The summed E-state index contributed by atoms with van der Waals surface area (Å²) >= 11 is 0. The van der Waals surface area contributed by atoms with Crippen LogP contribution in [0.15, 0.2) is 103 Å². The quantitative estimate of drug-likeness (QED) is 0.277. The Morgan fingerprint density at radius 1 is 0.387 bits per heavy atom. The number of hydrogen-bond acceptors (Lipinski definition) is 0. The largest absolute Gasteiger partial charge is 0.179 e. The van der Waals surface area contributed by atoms with E-state index in [0.717, 1.165) is 16.7 Å². The summed E-state index contributed by atoms with van der Waals surface area (Å²) in [7, 11) is -2.61. The molecule has 0 fully saturated rings. The molecule has 4 aromatic carbocycles. The molecule has 0 aliphatic heterocycles. The van der Waals surface area contributed by atoms with Crippen LogP contribution in [0.5, 0.6) is 0 Å². The van der Waals surface area contributed by atoms with Crippen molar-refractivity contribution in [2.75, 3.05) is 0 Å². The second-order valence-electron chi connectivity index (χ2n) is 7.28. The molecule has 0 N–H and O–H groups in total. The lowest BCUT2D eigenvalue weighted by molar-refractivity contribution is 1.62. The summed E-state index contributed by atoms with van der Waals surface area (Å²) in [6.45, 7) is 0. The monoisotopic (exact) mass is 408 g/mol. The molecule has 4 aromatic rings. The van der Waals surface area contributed by atoms with Crippen LogP contribution in [0.1, 0.15) is 16.7 Å². The van der Waals surface area contributed by atoms with Crippen molar-refractivity contribution >= 4 is 28.8 Å². The fourth-order valence-electron chi connectivity index (χ4n) is 4.14. The van der Waals surface area contributed by atoms with E-state index in [-0.39, 0.29) is 0 Å². The summed E-state index contributed by atoms with van der Waals surface area (Å²) < 4.78 is 0. The van der Waals surface area contributed by atoms with Gasteiger partial charge in [0.2, 0.25) is 0 Å². The van der Waals surface area contributed by atoms with Gasteiger partial charge >= 0.3 is 0 Å². The van der Waals surface area contributed by atoms with Gasteiger partial charge < -0.3 is 0 Å². The third kappa shape index (κ3) is 3.58. The van der Waals surface area contributed by atoms with Crippen molar-refractivity contribution < 1.29 is 0 Å². The molecule has 0 saturated heterocycles. The molecule has 0 atom stereocenters. The Morgan fingerprint density at radius 3 is 0.968 bits per heavy atom. The molecule has 0 heterocycles. The fraction of sp³-hybridized carbons (Fsp3) is 0. The average Bonchev–Trinajstić information content (AvgIpc) is 2.86. The molecule has 0 spiro atoms. The third-order valence-electron chi connectivity index (χ3n) is 5.66. The summed E-state index contributed by atoms with van der Waals surface area (Å²) in [5.41, 5.74) is 2.60. The third-order valence-corrected chi connectivity index (χ3v) is 10.5. The van der Waals surface area contributed by atoms with Crippen LogP contribution in [0, 0.1) is 37.0 Å². The van der Waals surface area contributed by atoms with Crippen LogP contribution in [-0.4, -0.2) is 8.07 Å². The average molecular weight is 409 g/mol. The first-order chi connectivity index (χ1) is 15.2. The van der Waals surface area contributed by atoms with E-state index >= 15 is 0 Å². The van der Waals surface area contributed by atoms with Gasteiger partial charge in [0.05, 0.1) is 0 Å². The Morgan fingerprint density at radius 2 is 0.677 bits per heavy atom. The zero-order chi connectivity index (χ0) is 21.7. The molecule has 0 radical (unpaired) electrons. The van der Waals surface area contributed by atoms with E-state index < -0.39 is 8.07 Å². The van der Waals surface area contributed by atoms with Gasteiger partial charge in [-0.15, -0.1) is 19.3 Å². The summed E-state index contributed by atoms with van der Waals surface area (Å²) in [4.78, 5) is 0.